The number of aryl methyl sites for hydroxylation is 1. The second-order valence-corrected chi connectivity index (χ2v) is 4.60. The quantitative estimate of drug-likeness (QED) is 0.899. The maximum atomic E-state index is 5.78. The molecule has 0 aliphatic heterocycles. The van der Waals surface area contributed by atoms with Crippen molar-refractivity contribution < 1.29 is 4.42 Å². The first-order valence-corrected chi connectivity index (χ1v) is 6.04. The van der Waals surface area contributed by atoms with Crippen molar-refractivity contribution in [1.29, 1.82) is 0 Å². The SMILES string of the molecule is Cc1ccc(CN(C)c2ccc(C(C)N)nc2)o1. The topological polar surface area (TPSA) is 55.3 Å². The Morgan fingerprint density at radius 3 is 2.61 bits per heavy atom. The van der Waals surface area contributed by atoms with E-state index in [1.54, 1.807) is 0 Å². The van der Waals surface area contributed by atoms with E-state index in [9.17, 15) is 0 Å². The molecule has 0 amide bonds. The molecule has 4 heteroatoms. The van der Waals surface area contributed by atoms with Crippen molar-refractivity contribution in [2.24, 2.45) is 5.73 Å². The van der Waals surface area contributed by atoms with E-state index in [1.807, 2.05) is 51.4 Å². The smallest absolute Gasteiger partial charge is 0.123 e. The van der Waals surface area contributed by atoms with Crippen LogP contribution in [0.3, 0.4) is 0 Å². The van der Waals surface area contributed by atoms with Crippen molar-refractivity contribution in [2.45, 2.75) is 26.4 Å². The highest BCUT2D eigenvalue weighted by atomic mass is 16.3. The van der Waals surface area contributed by atoms with Crippen LogP contribution in [0.15, 0.2) is 34.9 Å². The van der Waals surface area contributed by atoms with Crippen molar-refractivity contribution >= 4 is 5.69 Å². The molecule has 2 aromatic heterocycles. The van der Waals surface area contributed by atoms with E-state index in [1.165, 1.54) is 0 Å². The van der Waals surface area contributed by atoms with Gasteiger partial charge in [-0.05, 0) is 38.1 Å². The van der Waals surface area contributed by atoms with Crippen molar-refractivity contribution in [1.82, 2.24) is 4.98 Å². The molecule has 0 bridgehead atoms. The molecule has 2 rings (SSSR count). The van der Waals surface area contributed by atoms with Crippen LogP contribution in [0.4, 0.5) is 5.69 Å². The number of nitrogens with zero attached hydrogens (tertiary/aromatic N) is 2. The van der Waals surface area contributed by atoms with E-state index in [2.05, 4.69) is 9.88 Å². The third kappa shape index (κ3) is 2.90. The van der Waals surface area contributed by atoms with E-state index in [0.29, 0.717) is 0 Å². The zero-order valence-electron chi connectivity index (χ0n) is 11.1. The van der Waals surface area contributed by atoms with E-state index in [0.717, 1.165) is 29.4 Å². The van der Waals surface area contributed by atoms with Gasteiger partial charge >= 0.3 is 0 Å². The van der Waals surface area contributed by atoms with Gasteiger partial charge in [0, 0.05) is 13.1 Å². The van der Waals surface area contributed by atoms with Gasteiger partial charge in [-0.1, -0.05) is 0 Å². The summed E-state index contributed by atoms with van der Waals surface area (Å²) in [5, 5.41) is 0. The highest BCUT2D eigenvalue weighted by molar-refractivity contribution is 5.44. The number of pyridine rings is 1. The predicted molar refractivity (Wildman–Crippen MR) is 72.4 cm³/mol. The number of furan rings is 1. The second-order valence-electron chi connectivity index (χ2n) is 4.60. The zero-order chi connectivity index (χ0) is 13.1. The molecule has 0 fully saturated rings. The summed E-state index contributed by atoms with van der Waals surface area (Å²) >= 11 is 0. The minimum absolute atomic E-state index is 0.0305. The standard InChI is InChI=1S/C14H19N3O/c1-10-4-6-13(18-10)9-17(3)12-5-7-14(11(2)15)16-8-12/h4-8,11H,9,15H2,1-3H3. The van der Waals surface area contributed by atoms with Crippen LogP contribution in [-0.4, -0.2) is 12.0 Å². The number of hydrogen-bond acceptors (Lipinski definition) is 4. The lowest BCUT2D eigenvalue weighted by Crippen LogP contribution is -2.16. The Morgan fingerprint density at radius 1 is 1.33 bits per heavy atom. The van der Waals surface area contributed by atoms with Gasteiger partial charge in [0.25, 0.3) is 0 Å². The maximum absolute atomic E-state index is 5.78. The monoisotopic (exact) mass is 245 g/mol. The lowest BCUT2D eigenvalue weighted by molar-refractivity contribution is 0.481. The Balaban J connectivity index is 2.06. The highest BCUT2D eigenvalue weighted by Gasteiger charge is 2.07. The lowest BCUT2D eigenvalue weighted by Gasteiger charge is -2.18. The molecule has 0 aromatic carbocycles. The first-order valence-electron chi connectivity index (χ1n) is 6.04. The van der Waals surface area contributed by atoms with Crippen LogP contribution in [0.25, 0.3) is 0 Å². The van der Waals surface area contributed by atoms with Crippen LogP contribution in [0.5, 0.6) is 0 Å². The van der Waals surface area contributed by atoms with Crippen molar-refractivity contribution in [3.8, 4) is 0 Å². The van der Waals surface area contributed by atoms with Crippen LogP contribution < -0.4 is 10.6 Å². The van der Waals surface area contributed by atoms with Gasteiger partial charge in [-0.3, -0.25) is 4.98 Å². The van der Waals surface area contributed by atoms with E-state index in [-0.39, 0.29) is 6.04 Å². The molecule has 4 nitrogen and oxygen atoms in total. The van der Waals surface area contributed by atoms with Crippen LogP contribution in [0, 0.1) is 6.92 Å². The third-order valence-corrected chi connectivity index (χ3v) is 2.87. The summed E-state index contributed by atoms with van der Waals surface area (Å²) in [6, 6.07) is 7.93. The number of rotatable bonds is 4. The molecule has 0 aliphatic rings. The summed E-state index contributed by atoms with van der Waals surface area (Å²) in [5.74, 6) is 1.88. The molecule has 0 aliphatic carbocycles. The summed E-state index contributed by atoms with van der Waals surface area (Å²) in [5.41, 5.74) is 7.73. The predicted octanol–water partition coefficient (Wildman–Crippen LogP) is 2.64. The Kier molecular flexibility index (Phi) is 3.67. The summed E-state index contributed by atoms with van der Waals surface area (Å²) < 4.78 is 5.56. The molecular formula is C14H19N3O. The number of nitrogens with two attached hydrogens (primary N) is 1. The highest BCUT2D eigenvalue weighted by Crippen LogP contribution is 2.17. The molecule has 18 heavy (non-hydrogen) atoms. The average Bonchev–Trinajstić information content (AvgIpc) is 2.75. The summed E-state index contributed by atoms with van der Waals surface area (Å²) in [4.78, 5) is 6.44. The Labute approximate surface area is 107 Å². The van der Waals surface area contributed by atoms with Crippen molar-refractivity contribution in [3.63, 3.8) is 0 Å². The van der Waals surface area contributed by atoms with Crippen LogP contribution >= 0.6 is 0 Å². The maximum Gasteiger partial charge on any atom is 0.123 e. The fourth-order valence-electron chi connectivity index (χ4n) is 1.79. The third-order valence-electron chi connectivity index (χ3n) is 2.87. The number of hydrogen-bond donors (Lipinski definition) is 1. The molecule has 1 atom stereocenters. The van der Waals surface area contributed by atoms with Gasteiger partial charge in [0.05, 0.1) is 24.1 Å². The Hall–Kier alpha value is -1.81. The van der Waals surface area contributed by atoms with E-state index < -0.39 is 0 Å². The first-order chi connectivity index (χ1) is 8.56. The minimum atomic E-state index is -0.0305. The lowest BCUT2D eigenvalue weighted by atomic mass is 10.2. The minimum Gasteiger partial charge on any atom is -0.464 e. The average molecular weight is 245 g/mol. The van der Waals surface area contributed by atoms with Gasteiger partial charge in [-0.2, -0.15) is 0 Å². The largest absolute Gasteiger partial charge is 0.464 e. The Morgan fingerprint density at radius 2 is 2.11 bits per heavy atom. The normalized spacial score (nSPS) is 12.4. The fourth-order valence-corrected chi connectivity index (χ4v) is 1.79. The van der Waals surface area contributed by atoms with Crippen LogP contribution in [0.1, 0.15) is 30.2 Å². The van der Waals surface area contributed by atoms with Gasteiger partial charge in [-0.15, -0.1) is 0 Å². The molecule has 0 radical (unpaired) electrons. The van der Waals surface area contributed by atoms with Crippen LogP contribution in [0.2, 0.25) is 0 Å². The zero-order valence-corrected chi connectivity index (χ0v) is 11.1. The Bertz CT molecular complexity index is 502. The molecule has 0 saturated heterocycles. The van der Waals surface area contributed by atoms with Crippen molar-refractivity contribution in [3.05, 3.63) is 47.7 Å². The van der Waals surface area contributed by atoms with Gasteiger partial charge in [0.15, 0.2) is 0 Å². The number of anilines is 1. The summed E-state index contributed by atoms with van der Waals surface area (Å²) in [6.07, 6.45) is 1.84. The molecule has 0 saturated carbocycles. The summed E-state index contributed by atoms with van der Waals surface area (Å²) in [6.45, 7) is 4.60. The van der Waals surface area contributed by atoms with E-state index >= 15 is 0 Å². The van der Waals surface area contributed by atoms with E-state index in [4.69, 9.17) is 10.2 Å². The van der Waals surface area contributed by atoms with Crippen LogP contribution in [-0.2, 0) is 6.54 Å². The second kappa shape index (κ2) is 5.23. The van der Waals surface area contributed by atoms with Gasteiger partial charge < -0.3 is 15.1 Å². The van der Waals surface area contributed by atoms with Gasteiger partial charge in [-0.25, -0.2) is 0 Å². The summed E-state index contributed by atoms with van der Waals surface area (Å²) in [7, 11) is 2.01. The molecule has 1 unspecified atom stereocenters. The van der Waals surface area contributed by atoms with Gasteiger partial charge in [0.2, 0.25) is 0 Å². The first kappa shape index (κ1) is 12.6. The molecule has 0 spiro atoms. The molecule has 2 heterocycles. The molecule has 2 aromatic rings. The fraction of sp³-hybridized carbons (Fsp3) is 0.357. The number of aromatic nitrogens is 1. The molecular weight excluding hydrogens is 226 g/mol. The van der Waals surface area contributed by atoms with Crippen molar-refractivity contribution in [2.75, 3.05) is 11.9 Å². The van der Waals surface area contributed by atoms with Gasteiger partial charge in [0.1, 0.15) is 11.5 Å². The molecule has 2 N–H and O–H groups in total. The molecule has 96 valence electrons.